The first-order chi connectivity index (χ1) is 13.1. The average Bonchev–Trinajstić information content (AvgIpc) is 3.29. The summed E-state index contributed by atoms with van der Waals surface area (Å²) >= 11 is 0. The van der Waals surface area contributed by atoms with Gasteiger partial charge in [-0.15, -0.1) is 0 Å². The maximum Gasteiger partial charge on any atom is 0.335 e. The average molecular weight is 362 g/mol. The van der Waals surface area contributed by atoms with Crippen molar-refractivity contribution >= 4 is 17.0 Å². The zero-order valence-corrected chi connectivity index (χ0v) is 14.8. The Hall–Kier alpha value is -3.54. The molecule has 2 heterocycles. The third kappa shape index (κ3) is 3.55. The minimum atomic E-state index is -0.977. The number of hydrogen-bond donors (Lipinski definition) is 1. The van der Waals surface area contributed by atoms with Crippen molar-refractivity contribution in [2.45, 2.75) is 20.1 Å². The maximum absolute atomic E-state index is 11.3. The van der Waals surface area contributed by atoms with Crippen LogP contribution in [0.1, 0.15) is 27.5 Å². The number of imidazole rings is 1. The Morgan fingerprint density at radius 2 is 2.00 bits per heavy atom. The summed E-state index contributed by atoms with van der Waals surface area (Å²) in [6.45, 7) is 2.77. The number of carboxylic acids is 1. The van der Waals surface area contributed by atoms with Gasteiger partial charge in [0.2, 0.25) is 0 Å². The van der Waals surface area contributed by atoms with E-state index >= 15 is 0 Å². The second-order valence-electron chi connectivity index (χ2n) is 6.30. The highest BCUT2D eigenvalue weighted by atomic mass is 16.5. The molecule has 27 heavy (non-hydrogen) atoms. The molecule has 0 fully saturated rings. The van der Waals surface area contributed by atoms with Crippen LogP contribution in [-0.2, 0) is 13.2 Å². The molecule has 4 rings (SSSR count). The molecule has 0 spiro atoms. The molecule has 0 bridgehead atoms. The van der Waals surface area contributed by atoms with Crippen molar-refractivity contribution < 1.29 is 19.1 Å². The molecule has 6 nitrogen and oxygen atoms in total. The second kappa shape index (κ2) is 6.99. The minimum absolute atomic E-state index is 0.205. The van der Waals surface area contributed by atoms with Gasteiger partial charge in [-0.1, -0.05) is 17.7 Å². The number of benzene rings is 2. The van der Waals surface area contributed by atoms with E-state index in [1.54, 1.807) is 24.5 Å². The lowest BCUT2D eigenvalue weighted by atomic mass is 10.2. The predicted octanol–water partition coefficient (Wildman–Crippen LogP) is 4.26. The van der Waals surface area contributed by atoms with Crippen molar-refractivity contribution in [2.75, 3.05) is 0 Å². The number of ether oxygens (including phenoxy) is 1. The van der Waals surface area contributed by atoms with Crippen molar-refractivity contribution in [3.63, 3.8) is 0 Å². The van der Waals surface area contributed by atoms with Crippen LogP contribution in [0.25, 0.3) is 11.0 Å². The van der Waals surface area contributed by atoms with Crippen LogP contribution in [0, 0.1) is 6.92 Å². The fraction of sp³-hybridized carbons (Fsp3) is 0.143. The molecule has 0 aliphatic rings. The Kier molecular flexibility index (Phi) is 4.38. The van der Waals surface area contributed by atoms with E-state index in [1.807, 2.05) is 47.9 Å². The molecule has 6 heteroatoms. The Bertz CT molecular complexity index is 1080. The minimum Gasteiger partial charge on any atom is -0.486 e. The van der Waals surface area contributed by atoms with Crippen molar-refractivity contribution in [2.24, 2.45) is 0 Å². The van der Waals surface area contributed by atoms with Crippen LogP contribution < -0.4 is 4.74 Å². The van der Waals surface area contributed by atoms with Gasteiger partial charge in [0, 0.05) is 0 Å². The smallest absolute Gasteiger partial charge is 0.335 e. The molecule has 0 radical (unpaired) electrons. The fourth-order valence-electron chi connectivity index (χ4n) is 2.94. The van der Waals surface area contributed by atoms with Gasteiger partial charge in [0.25, 0.3) is 0 Å². The molecule has 1 N–H and O–H groups in total. The van der Waals surface area contributed by atoms with Crippen LogP contribution in [0.4, 0.5) is 0 Å². The normalized spacial score (nSPS) is 11.0. The van der Waals surface area contributed by atoms with Gasteiger partial charge in [-0.25, -0.2) is 9.78 Å². The third-order valence-electron chi connectivity index (χ3n) is 4.36. The van der Waals surface area contributed by atoms with Crippen molar-refractivity contribution in [3.8, 4) is 5.75 Å². The fourth-order valence-corrected chi connectivity index (χ4v) is 2.94. The number of carboxylic acid groups (broad SMARTS) is 1. The Morgan fingerprint density at radius 3 is 2.70 bits per heavy atom. The van der Waals surface area contributed by atoms with E-state index in [0.717, 1.165) is 22.6 Å². The first-order valence-electron chi connectivity index (χ1n) is 8.54. The highest BCUT2D eigenvalue weighted by Gasteiger charge is 2.15. The highest BCUT2D eigenvalue weighted by Crippen LogP contribution is 2.22. The van der Waals surface area contributed by atoms with Crippen LogP contribution in [-0.4, -0.2) is 20.6 Å². The van der Waals surface area contributed by atoms with Gasteiger partial charge in [-0.05, 0) is 49.4 Å². The van der Waals surface area contributed by atoms with Crippen LogP contribution in [0.5, 0.6) is 5.75 Å². The molecule has 0 saturated heterocycles. The Balaban J connectivity index is 1.69. The van der Waals surface area contributed by atoms with E-state index in [9.17, 15) is 9.90 Å². The van der Waals surface area contributed by atoms with Crippen LogP contribution in [0.15, 0.2) is 65.3 Å². The Morgan fingerprint density at radius 1 is 1.19 bits per heavy atom. The monoisotopic (exact) mass is 362 g/mol. The van der Waals surface area contributed by atoms with E-state index in [4.69, 9.17) is 9.15 Å². The number of fused-ring (bicyclic) bond motifs is 1. The first kappa shape index (κ1) is 16.9. The zero-order chi connectivity index (χ0) is 18.8. The lowest BCUT2D eigenvalue weighted by molar-refractivity contribution is 0.0697. The largest absolute Gasteiger partial charge is 0.486 e. The lowest BCUT2D eigenvalue weighted by Gasteiger charge is -2.09. The molecular weight excluding hydrogens is 344 g/mol. The maximum atomic E-state index is 11.3. The molecule has 0 amide bonds. The van der Waals surface area contributed by atoms with Gasteiger partial charge in [-0.3, -0.25) is 0 Å². The molecule has 0 aliphatic carbocycles. The Labute approximate surface area is 155 Å². The van der Waals surface area contributed by atoms with E-state index in [0.29, 0.717) is 17.9 Å². The van der Waals surface area contributed by atoms with E-state index in [2.05, 4.69) is 4.98 Å². The van der Waals surface area contributed by atoms with Crippen molar-refractivity contribution in [3.05, 3.63) is 83.6 Å². The molecule has 2 aromatic heterocycles. The summed E-state index contributed by atoms with van der Waals surface area (Å²) in [5.74, 6) is 1.26. The molecule has 0 atom stereocenters. The van der Waals surface area contributed by atoms with Crippen LogP contribution >= 0.6 is 0 Å². The standard InChI is InChI=1S/C21H18N2O4/c1-14-4-7-16(8-5-14)27-13-20-22-18-11-15(21(24)25)6-9-19(18)23(20)12-17-3-2-10-26-17/h2-11H,12-13H2,1H3,(H,24,25). The van der Waals surface area contributed by atoms with Crippen LogP contribution in [0.2, 0.25) is 0 Å². The van der Waals surface area contributed by atoms with Gasteiger partial charge in [0.1, 0.15) is 23.9 Å². The summed E-state index contributed by atoms with van der Waals surface area (Å²) in [5.41, 5.74) is 2.81. The summed E-state index contributed by atoms with van der Waals surface area (Å²) < 4.78 is 13.3. The number of rotatable bonds is 6. The quantitative estimate of drug-likeness (QED) is 0.554. The highest BCUT2D eigenvalue weighted by molar-refractivity contribution is 5.92. The molecular formula is C21H18N2O4. The summed E-state index contributed by atoms with van der Waals surface area (Å²) in [4.78, 5) is 15.9. The third-order valence-corrected chi connectivity index (χ3v) is 4.36. The summed E-state index contributed by atoms with van der Waals surface area (Å²) in [6, 6.07) is 16.4. The first-order valence-corrected chi connectivity index (χ1v) is 8.54. The topological polar surface area (TPSA) is 77.5 Å². The number of aromatic nitrogens is 2. The van der Waals surface area contributed by atoms with Gasteiger partial charge in [0.05, 0.1) is 29.4 Å². The molecule has 4 aromatic rings. The molecule has 0 aliphatic heterocycles. The zero-order valence-electron chi connectivity index (χ0n) is 14.8. The van der Waals surface area contributed by atoms with Crippen molar-refractivity contribution in [1.82, 2.24) is 9.55 Å². The lowest BCUT2D eigenvalue weighted by Crippen LogP contribution is -2.08. The molecule has 136 valence electrons. The van der Waals surface area contributed by atoms with Gasteiger partial charge in [-0.2, -0.15) is 0 Å². The van der Waals surface area contributed by atoms with Crippen molar-refractivity contribution in [1.29, 1.82) is 0 Å². The number of carbonyl (C=O) groups is 1. The number of hydrogen-bond acceptors (Lipinski definition) is 4. The number of aromatic carboxylic acids is 1. The number of furan rings is 1. The number of aryl methyl sites for hydroxylation is 1. The number of nitrogens with zero attached hydrogens (tertiary/aromatic N) is 2. The van der Waals surface area contributed by atoms with E-state index in [-0.39, 0.29) is 12.2 Å². The SMILES string of the molecule is Cc1ccc(OCc2nc3cc(C(=O)O)ccc3n2Cc2ccco2)cc1. The van der Waals surface area contributed by atoms with E-state index < -0.39 is 5.97 Å². The van der Waals surface area contributed by atoms with E-state index in [1.165, 1.54) is 0 Å². The van der Waals surface area contributed by atoms with Gasteiger partial charge in [0.15, 0.2) is 0 Å². The van der Waals surface area contributed by atoms with Gasteiger partial charge >= 0.3 is 5.97 Å². The summed E-state index contributed by atoms with van der Waals surface area (Å²) in [5, 5.41) is 9.23. The second-order valence-corrected chi connectivity index (χ2v) is 6.30. The molecule has 0 saturated carbocycles. The van der Waals surface area contributed by atoms with Crippen LogP contribution in [0.3, 0.4) is 0 Å². The summed E-state index contributed by atoms with van der Waals surface area (Å²) in [6.07, 6.45) is 1.62. The van der Waals surface area contributed by atoms with Gasteiger partial charge < -0.3 is 18.8 Å². The summed E-state index contributed by atoms with van der Waals surface area (Å²) in [7, 11) is 0. The molecule has 0 unspecified atom stereocenters. The predicted molar refractivity (Wildman–Crippen MR) is 100 cm³/mol. The molecule has 2 aromatic carbocycles.